The molecule has 7 nitrogen and oxygen atoms in total. The van der Waals surface area contributed by atoms with E-state index in [2.05, 4.69) is 20.5 Å². The van der Waals surface area contributed by atoms with Gasteiger partial charge in [-0.2, -0.15) is 10.4 Å². The number of nitrogens with one attached hydrogen (secondary N) is 2. The van der Waals surface area contributed by atoms with Crippen molar-refractivity contribution in [3.63, 3.8) is 0 Å². The summed E-state index contributed by atoms with van der Waals surface area (Å²) in [6, 6.07) is 17.4. The molecule has 0 aliphatic carbocycles. The van der Waals surface area contributed by atoms with Crippen molar-refractivity contribution in [1.29, 1.82) is 5.26 Å². The Hall–Kier alpha value is -4.77. The highest BCUT2D eigenvalue weighted by molar-refractivity contribution is 5.85. The first-order valence-electron chi connectivity index (χ1n) is 10.9. The summed E-state index contributed by atoms with van der Waals surface area (Å²) in [5.74, 6) is -0.0154. The molecule has 172 valence electrons. The molecule has 0 fully saturated rings. The van der Waals surface area contributed by atoms with E-state index in [1.165, 1.54) is 6.07 Å². The van der Waals surface area contributed by atoms with Crippen molar-refractivity contribution in [3.8, 4) is 28.5 Å². The molecule has 2 N–H and O–H groups in total. The number of H-pyrrole nitrogens is 1. The van der Waals surface area contributed by atoms with Crippen molar-refractivity contribution < 1.29 is 4.39 Å². The fourth-order valence-corrected chi connectivity index (χ4v) is 4.12. The van der Waals surface area contributed by atoms with E-state index < -0.39 is 5.82 Å². The van der Waals surface area contributed by atoms with Gasteiger partial charge in [0.1, 0.15) is 5.82 Å². The van der Waals surface area contributed by atoms with Crippen LogP contribution in [-0.2, 0) is 7.05 Å². The minimum Gasteiger partial charge on any atom is -0.339 e. The molecule has 0 unspecified atom stereocenters. The van der Waals surface area contributed by atoms with E-state index in [1.54, 1.807) is 36.0 Å². The monoisotopic (exact) mass is 464 g/mol. The van der Waals surface area contributed by atoms with Crippen LogP contribution < -0.4 is 10.9 Å². The van der Waals surface area contributed by atoms with Gasteiger partial charge in [-0.05, 0) is 67.4 Å². The highest BCUT2D eigenvalue weighted by Gasteiger charge is 2.14. The number of aryl methyl sites for hydroxylation is 3. The summed E-state index contributed by atoms with van der Waals surface area (Å²) in [6.45, 7) is 3.85. The van der Waals surface area contributed by atoms with Crippen LogP contribution >= 0.6 is 0 Å². The highest BCUT2D eigenvalue weighted by atomic mass is 19.1. The van der Waals surface area contributed by atoms with Crippen LogP contribution in [0.4, 0.5) is 15.9 Å². The third kappa shape index (κ3) is 4.04. The zero-order valence-corrected chi connectivity index (χ0v) is 19.3. The van der Waals surface area contributed by atoms with Gasteiger partial charge in [-0.15, -0.1) is 0 Å². The Labute approximate surface area is 200 Å². The maximum Gasteiger partial charge on any atom is 0.258 e. The van der Waals surface area contributed by atoms with Gasteiger partial charge in [-0.25, -0.2) is 4.39 Å². The first kappa shape index (κ1) is 22.0. The van der Waals surface area contributed by atoms with Crippen LogP contribution in [0.1, 0.15) is 16.8 Å². The average molecular weight is 465 g/mol. The molecule has 5 rings (SSSR count). The maximum absolute atomic E-state index is 14.4. The van der Waals surface area contributed by atoms with Crippen LogP contribution in [0.15, 0.2) is 65.6 Å². The summed E-state index contributed by atoms with van der Waals surface area (Å²) in [4.78, 5) is 17.6. The van der Waals surface area contributed by atoms with Gasteiger partial charge in [0.25, 0.3) is 5.56 Å². The van der Waals surface area contributed by atoms with E-state index in [-0.39, 0.29) is 11.1 Å². The zero-order chi connectivity index (χ0) is 24.7. The first-order chi connectivity index (χ1) is 16.8. The summed E-state index contributed by atoms with van der Waals surface area (Å²) in [5.41, 5.74) is 5.69. The summed E-state index contributed by atoms with van der Waals surface area (Å²) in [5, 5.41) is 20.1. The van der Waals surface area contributed by atoms with Gasteiger partial charge in [-0.1, -0.05) is 6.07 Å². The van der Waals surface area contributed by atoms with Gasteiger partial charge in [0.05, 0.1) is 22.8 Å². The molecule has 3 aromatic heterocycles. The Balaban J connectivity index is 1.50. The summed E-state index contributed by atoms with van der Waals surface area (Å²) in [7, 11) is 1.76. The van der Waals surface area contributed by atoms with Crippen molar-refractivity contribution in [1.82, 2.24) is 19.7 Å². The molecule has 2 aromatic carbocycles. The van der Waals surface area contributed by atoms with Gasteiger partial charge >= 0.3 is 0 Å². The van der Waals surface area contributed by atoms with Crippen molar-refractivity contribution >= 4 is 22.4 Å². The SMILES string of the molecule is Cc1cc2c(cn1)cc(-c1cc(Nc3cc(-c4ccc(C#N)cc4F)[nH]n3)ccc1C)c(=O)n2C. The summed E-state index contributed by atoms with van der Waals surface area (Å²) >= 11 is 0. The lowest BCUT2D eigenvalue weighted by Gasteiger charge is -2.13. The summed E-state index contributed by atoms with van der Waals surface area (Å²) in [6.07, 6.45) is 1.78. The highest BCUT2D eigenvalue weighted by Crippen LogP contribution is 2.29. The molecular formula is C27H21FN6O. The lowest BCUT2D eigenvalue weighted by Crippen LogP contribution is -2.19. The number of anilines is 2. The van der Waals surface area contributed by atoms with E-state index in [0.717, 1.165) is 33.4 Å². The van der Waals surface area contributed by atoms with Crippen molar-refractivity contribution in [3.05, 3.63) is 93.8 Å². The van der Waals surface area contributed by atoms with E-state index in [0.29, 0.717) is 22.6 Å². The van der Waals surface area contributed by atoms with Crippen LogP contribution in [0.25, 0.3) is 33.3 Å². The average Bonchev–Trinajstić information content (AvgIpc) is 3.31. The number of hydrogen-bond donors (Lipinski definition) is 2. The van der Waals surface area contributed by atoms with E-state index >= 15 is 0 Å². The zero-order valence-electron chi connectivity index (χ0n) is 19.3. The summed E-state index contributed by atoms with van der Waals surface area (Å²) < 4.78 is 16.0. The number of pyridine rings is 2. The smallest absolute Gasteiger partial charge is 0.258 e. The molecular weight excluding hydrogens is 443 g/mol. The van der Waals surface area contributed by atoms with Gasteiger partial charge < -0.3 is 9.88 Å². The molecule has 0 bridgehead atoms. The quantitative estimate of drug-likeness (QED) is 0.373. The Morgan fingerprint density at radius 3 is 2.63 bits per heavy atom. The van der Waals surface area contributed by atoms with E-state index in [1.807, 2.05) is 50.2 Å². The first-order valence-corrected chi connectivity index (χ1v) is 10.9. The second-order valence-corrected chi connectivity index (χ2v) is 8.43. The lowest BCUT2D eigenvalue weighted by atomic mass is 9.99. The number of halogens is 1. The van der Waals surface area contributed by atoms with Crippen LogP contribution in [0.5, 0.6) is 0 Å². The maximum atomic E-state index is 14.4. The number of nitrogens with zero attached hydrogens (tertiary/aromatic N) is 4. The minimum atomic E-state index is -0.506. The number of hydrogen-bond acceptors (Lipinski definition) is 5. The fourth-order valence-electron chi connectivity index (χ4n) is 4.12. The molecule has 3 heterocycles. The largest absolute Gasteiger partial charge is 0.339 e. The van der Waals surface area contributed by atoms with Crippen LogP contribution in [0, 0.1) is 31.0 Å². The number of aromatic nitrogens is 4. The molecule has 0 atom stereocenters. The third-order valence-electron chi connectivity index (χ3n) is 6.01. The van der Waals surface area contributed by atoms with Crippen LogP contribution in [0.2, 0.25) is 0 Å². The topological polar surface area (TPSA) is 99.4 Å². The normalized spacial score (nSPS) is 10.9. The minimum absolute atomic E-state index is 0.0957. The van der Waals surface area contributed by atoms with Crippen molar-refractivity contribution in [2.75, 3.05) is 5.32 Å². The number of aromatic amines is 1. The Kier molecular flexibility index (Phi) is 5.38. The van der Waals surface area contributed by atoms with E-state index in [9.17, 15) is 9.18 Å². The molecule has 0 aliphatic rings. The molecule has 0 aliphatic heterocycles. The van der Waals surface area contributed by atoms with Gasteiger partial charge in [0.2, 0.25) is 0 Å². The second-order valence-electron chi connectivity index (χ2n) is 8.43. The van der Waals surface area contributed by atoms with Crippen molar-refractivity contribution in [2.24, 2.45) is 7.05 Å². The second kappa shape index (κ2) is 8.54. The predicted molar refractivity (Wildman–Crippen MR) is 134 cm³/mol. The third-order valence-corrected chi connectivity index (χ3v) is 6.01. The molecule has 0 saturated heterocycles. The predicted octanol–water partition coefficient (Wildman–Crippen LogP) is 5.36. The van der Waals surface area contributed by atoms with Gasteiger partial charge in [-0.3, -0.25) is 14.9 Å². The lowest BCUT2D eigenvalue weighted by molar-refractivity contribution is 0.630. The van der Waals surface area contributed by atoms with Crippen LogP contribution in [0.3, 0.4) is 0 Å². The number of nitriles is 1. The Bertz CT molecular complexity index is 1710. The number of benzene rings is 2. The van der Waals surface area contributed by atoms with Gasteiger partial charge in [0.15, 0.2) is 5.82 Å². The molecule has 35 heavy (non-hydrogen) atoms. The number of fused-ring (bicyclic) bond motifs is 1. The Morgan fingerprint density at radius 1 is 1.03 bits per heavy atom. The Morgan fingerprint density at radius 2 is 1.86 bits per heavy atom. The molecule has 0 saturated carbocycles. The molecule has 5 aromatic rings. The molecule has 0 spiro atoms. The molecule has 8 heteroatoms. The van der Waals surface area contributed by atoms with E-state index in [4.69, 9.17) is 5.26 Å². The van der Waals surface area contributed by atoms with Gasteiger partial charge in [0, 0.05) is 47.2 Å². The number of rotatable bonds is 4. The standard InChI is InChI=1S/C27H21FN6O/c1-15-4-6-19(31-26-12-24(32-33-26)20-7-5-17(13-29)9-23(20)28)11-21(15)22-10-18-14-30-16(2)8-25(18)34(3)27(22)35/h4-12,14H,1-3H3,(H2,31,32,33). The fraction of sp³-hybridized carbons (Fsp3) is 0.111. The molecule has 0 amide bonds. The van der Waals surface area contributed by atoms with Crippen LogP contribution in [-0.4, -0.2) is 19.7 Å². The molecule has 0 radical (unpaired) electrons. The van der Waals surface area contributed by atoms with Crippen molar-refractivity contribution in [2.45, 2.75) is 13.8 Å².